The molecule has 3 heterocycles. The van der Waals surface area contributed by atoms with Crippen LogP contribution >= 0.6 is 11.8 Å². The fourth-order valence-electron chi connectivity index (χ4n) is 4.13. The zero-order valence-corrected chi connectivity index (χ0v) is 18.3. The molecular formula is C20H34N4O4S. The summed E-state index contributed by atoms with van der Waals surface area (Å²) in [5.41, 5.74) is 0. The van der Waals surface area contributed by atoms with Crippen molar-refractivity contribution < 1.29 is 19.1 Å². The van der Waals surface area contributed by atoms with Crippen molar-refractivity contribution in [2.24, 2.45) is 0 Å². The quantitative estimate of drug-likeness (QED) is 0.601. The largest absolute Gasteiger partial charge is 0.378 e. The van der Waals surface area contributed by atoms with E-state index in [1.807, 2.05) is 9.80 Å². The Kier molecular flexibility index (Phi) is 8.62. The first-order valence-corrected chi connectivity index (χ1v) is 11.9. The van der Waals surface area contributed by atoms with Gasteiger partial charge >= 0.3 is 0 Å². The second-order valence-electron chi connectivity index (χ2n) is 8.07. The number of ether oxygens (including phenoxy) is 1. The Bertz CT molecular complexity index is 577. The Morgan fingerprint density at radius 3 is 2.07 bits per heavy atom. The molecule has 0 aromatic rings. The standard InChI is InChI=1S/C20H34N4O4S/c1-17-4-2-3-5-24(17)18(25)14-21-6-8-22(9-7-21)19(26)15-29-16-20(27)23-10-12-28-13-11-23/h17H,2-16H2,1H3. The van der Waals surface area contributed by atoms with Crippen molar-refractivity contribution >= 4 is 29.5 Å². The predicted octanol–water partition coefficient (Wildman–Crippen LogP) is 0.124. The van der Waals surface area contributed by atoms with E-state index in [1.165, 1.54) is 18.2 Å². The maximum Gasteiger partial charge on any atom is 0.236 e. The van der Waals surface area contributed by atoms with Crippen molar-refractivity contribution in [3.05, 3.63) is 0 Å². The summed E-state index contributed by atoms with van der Waals surface area (Å²) in [6.45, 7) is 8.71. The minimum atomic E-state index is 0.0837. The van der Waals surface area contributed by atoms with E-state index >= 15 is 0 Å². The van der Waals surface area contributed by atoms with E-state index in [0.717, 1.165) is 32.5 Å². The number of hydrogen-bond donors (Lipinski definition) is 0. The summed E-state index contributed by atoms with van der Waals surface area (Å²) in [5, 5.41) is 0. The van der Waals surface area contributed by atoms with Crippen LogP contribution in [0.15, 0.2) is 0 Å². The highest BCUT2D eigenvalue weighted by atomic mass is 32.2. The van der Waals surface area contributed by atoms with Crippen molar-refractivity contribution in [2.45, 2.75) is 32.2 Å². The van der Waals surface area contributed by atoms with Gasteiger partial charge in [-0.05, 0) is 26.2 Å². The fourth-order valence-corrected chi connectivity index (χ4v) is 4.94. The highest BCUT2D eigenvalue weighted by molar-refractivity contribution is 8.00. The van der Waals surface area contributed by atoms with Gasteiger partial charge in [0, 0.05) is 51.9 Å². The Balaban J connectivity index is 1.31. The number of likely N-dealkylation sites (tertiary alicyclic amines) is 1. The van der Waals surface area contributed by atoms with Crippen LogP contribution in [-0.4, -0.2) is 120 Å². The van der Waals surface area contributed by atoms with E-state index in [-0.39, 0.29) is 17.7 Å². The number of thioether (sulfide) groups is 1. The molecule has 0 radical (unpaired) electrons. The summed E-state index contributed by atoms with van der Waals surface area (Å²) >= 11 is 1.39. The molecule has 0 aliphatic carbocycles. The highest BCUT2D eigenvalue weighted by Gasteiger charge is 2.27. The van der Waals surface area contributed by atoms with Crippen LogP contribution < -0.4 is 0 Å². The molecule has 3 saturated heterocycles. The third-order valence-electron chi connectivity index (χ3n) is 6.02. The number of carbonyl (C=O) groups is 3. The Morgan fingerprint density at radius 2 is 1.45 bits per heavy atom. The number of morpholine rings is 1. The summed E-state index contributed by atoms with van der Waals surface area (Å²) in [5.74, 6) is 1.06. The maximum atomic E-state index is 12.6. The molecule has 9 heteroatoms. The molecule has 3 rings (SSSR count). The molecule has 0 aromatic heterocycles. The zero-order chi connectivity index (χ0) is 20.6. The van der Waals surface area contributed by atoms with Crippen LogP contribution in [0.2, 0.25) is 0 Å². The van der Waals surface area contributed by atoms with Crippen LogP contribution in [0.5, 0.6) is 0 Å². The second-order valence-corrected chi connectivity index (χ2v) is 9.06. The molecule has 0 saturated carbocycles. The van der Waals surface area contributed by atoms with Crippen LogP contribution in [0.3, 0.4) is 0 Å². The van der Waals surface area contributed by atoms with Crippen LogP contribution in [0.4, 0.5) is 0 Å². The van der Waals surface area contributed by atoms with E-state index in [1.54, 1.807) is 4.90 Å². The lowest BCUT2D eigenvalue weighted by molar-refractivity contribution is -0.136. The molecule has 0 bridgehead atoms. The van der Waals surface area contributed by atoms with E-state index < -0.39 is 0 Å². The summed E-state index contributed by atoms with van der Waals surface area (Å²) < 4.78 is 5.25. The van der Waals surface area contributed by atoms with Gasteiger partial charge in [-0.1, -0.05) is 0 Å². The molecule has 0 spiro atoms. The van der Waals surface area contributed by atoms with E-state index in [4.69, 9.17) is 4.74 Å². The lowest BCUT2D eigenvalue weighted by Gasteiger charge is -2.38. The third kappa shape index (κ3) is 6.58. The zero-order valence-electron chi connectivity index (χ0n) is 17.5. The Labute approximate surface area is 177 Å². The minimum Gasteiger partial charge on any atom is -0.378 e. The summed E-state index contributed by atoms with van der Waals surface area (Å²) in [6.07, 6.45) is 3.41. The highest BCUT2D eigenvalue weighted by Crippen LogP contribution is 2.17. The molecular weight excluding hydrogens is 392 g/mol. The Hall–Kier alpha value is -1.32. The van der Waals surface area contributed by atoms with Crippen molar-refractivity contribution in [2.75, 3.05) is 77.1 Å². The lowest BCUT2D eigenvalue weighted by Crippen LogP contribution is -2.53. The number of amides is 3. The molecule has 3 amide bonds. The molecule has 3 aliphatic heterocycles. The van der Waals surface area contributed by atoms with Gasteiger partial charge < -0.3 is 19.4 Å². The summed E-state index contributed by atoms with van der Waals surface area (Å²) in [7, 11) is 0. The first-order valence-electron chi connectivity index (χ1n) is 10.8. The number of hydrogen-bond acceptors (Lipinski definition) is 6. The first-order chi connectivity index (χ1) is 14.0. The van der Waals surface area contributed by atoms with Crippen molar-refractivity contribution in [3.63, 3.8) is 0 Å². The van der Waals surface area contributed by atoms with Gasteiger partial charge in [-0.25, -0.2) is 0 Å². The van der Waals surface area contributed by atoms with E-state index in [0.29, 0.717) is 63.5 Å². The molecule has 164 valence electrons. The maximum absolute atomic E-state index is 12.6. The number of piperazine rings is 1. The molecule has 0 aromatic carbocycles. The van der Waals surface area contributed by atoms with Gasteiger partial charge in [-0.15, -0.1) is 11.8 Å². The molecule has 1 unspecified atom stereocenters. The number of rotatable bonds is 6. The number of nitrogens with zero attached hydrogens (tertiary/aromatic N) is 4. The smallest absolute Gasteiger partial charge is 0.236 e. The molecule has 1 atom stereocenters. The first kappa shape index (κ1) is 22.4. The Morgan fingerprint density at radius 1 is 0.828 bits per heavy atom. The van der Waals surface area contributed by atoms with Gasteiger partial charge in [0.25, 0.3) is 0 Å². The van der Waals surface area contributed by atoms with Gasteiger partial charge in [-0.3, -0.25) is 19.3 Å². The van der Waals surface area contributed by atoms with Crippen molar-refractivity contribution in [1.82, 2.24) is 19.6 Å². The van der Waals surface area contributed by atoms with E-state index in [9.17, 15) is 14.4 Å². The van der Waals surface area contributed by atoms with Crippen LogP contribution in [0.1, 0.15) is 26.2 Å². The van der Waals surface area contributed by atoms with Crippen LogP contribution in [0.25, 0.3) is 0 Å². The summed E-state index contributed by atoms with van der Waals surface area (Å²) in [4.78, 5) is 45.0. The van der Waals surface area contributed by atoms with Crippen molar-refractivity contribution in [1.29, 1.82) is 0 Å². The average molecular weight is 427 g/mol. The van der Waals surface area contributed by atoms with Gasteiger partial charge in [0.1, 0.15) is 0 Å². The monoisotopic (exact) mass is 426 g/mol. The third-order valence-corrected chi connectivity index (χ3v) is 6.92. The topological polar surface area (TPSA) is 73.4 Å². The molecule has 8 nitrogen and oxygen atoms in total. The number of piperidine rings is 1. The molecule has 3 fully saturated rings. The summed E-state index contributed by atoms with van der Waals surface area (Å²) in [6, 6.07) is 0.344. The second kappa shape index (κ2) is 11.2. The molecule has 0 N–H and O–H groups in total. The molecule has 29 heavy (non-hydrogen) atoms. The van der Waals surface area contributed by atoms with Gasteiger partial charge in [0.05, 0.1) is 31.3 Å². The fraction of sp³-hybridized carbons (Fsp3) is 0.850. The van der Waals surface area contributed by atoms with Crippen LogP contribution in [0, 0.1) is 0 Å². The van der Waals surface area contributed by atoms with Gasteiger partial charge in [-0.2, -0.15) is 0 Å². The normalized spacial score (nSPS) is 23.9. The average Bonchev–Trinajstić information content (AvgIpc) is 2.75. The number of carbonyl (C=O) groups excluding carboxylic acids is 3. The van der Waals surface area contributed by atoms with Crippen LogP contribution in [-0.2, 0) is 19.1 Å². The van der Waals surface area contributed by atoms with Crippen molar-refractivity contribution in [3.8, 4) is 0 Å². The molecule has 3 aliphatic rings. The predicted molar refractivity (Wildman–Crippen MR) is 113 cm³/mol. The van der Waals surface area contributed by atoms with E-state index in [2.05, 4.69) is 11.8 Å². The van der Waals surface area contributed by atoms with Gasteiger partial charge in [0.2, 0.25) is 17.7 Å². The van der Waals surface area contributed by atoms with Gasteiger partial charge in [0.15, 0.2) is 0 Å². The minimum absolute atomic E-state index is 0.0837. The SMILES string of the molecule is CC1CCCCN1C(=O)CN1CCN(C(=O)CSCC(=O)N2CCOCC2)CC1. The lowest BCUT2D eigenvalue weighted by atomic mass is 10.0.